The standard InChI is InChI=1S/C20H27F2N5OS.HI/c1-3-23-20(25-12-18-24-11-14(2)29-18)26-15-5-4-10-27(13-15)16-6-8-17(9-7-16)28-19(21)22;/h6-9,11,15,19H,3-5,10,12-13H2,1-2H3,(H2,23,25,26);1H. The fraction of sp³-hybridized carbons (Fsp3) is 0.500. The molecule has 0 amide bonds. The summed E-state index contributed by atoms with van der Waals surface area (Å²) < 4.78 is 29.1. The molecule has 30 heavy (non-hydrogen) atoms. The highest BCUT2D eigenvalue weighted by molar-refractivity contribution is 14.0. The molecule has 1 aromatic heterocycles. The monoisotopic (exact) mass is 551 g/mol. The van der Waals surface area contributed by atoms with Crippen molar-refractivity contribution < 1.29 is 13.5 Å². The zero-order chi connectivity index (χ0) is 20.6. The zero-order valence-corrected chi connectivity index (χ0v) is 20.3. The molecule has 0 bridgehead atoms. The lowest BCUT2D eigenvalue weighted by molar-refractivity contribution is -0.0498. The number of aromatic nitrogens is 1. The van der Waals surface area contributed by atoms with Crippen molar-refractivity contribution in [1.82, 2.24) is 15.6 Å². The molecule has 1 fully saturated rings. The average Bonchev–Trinajstić information content (AvgIpc) is 3.12. The Bertz CT molecular complexity index is 803. The fourth-order valence-corrected chi connectivity index (χ4v) is 4.01. The van der Waals surface area contributed by atoms with Crippen molar-refractivity contribution in [1.29, 1.82) is 0 Å². The summed E-state index contributed by atoms with van der Waals surface area (Å²) in [5.74, 6) is 0.960. The van der Waals surface area contributed by atoms with Crippen LogP contribution in [0.25, 0.3) is 0 Å². The van der Waals surface area contributed by atoms with Gasteiger partial charge in [0.2, 0.25) is 0 Å². The maximum atomic E-state index is 12.3. The van der Waals surface area contributed by atoms with Crippen LogP contribution in [0.2, 0.25) is 0 Å². The molecule has 1 aliphatic heterocycles. The Morgan fingerprint density at radius 2 is 2.13 bits per heavy atom. The number of aliphatic imine (C=N–C) groups is 1. The zero-order valence-electron chi connectivity index (χ0n) is 17.1. The third-order valence-electron chi connectivity index (χ3n) is 4.58. The van der Waals surface area contributed by atoms with Gasteiger partial charge in [0.1, 0.15) is 10.8 Å². The smallest absolute Gasteiger partial charge is 0.387 e. The summed E-state index contributed by atoms with van der Waals surface area (Å²) in [6.45, 7) is 4.36. The second-order valence-corrected chi connectivity index (χ2v) is 8.18. The molecule has 1 saturated heterocycles. The number of hydrogen-bond donors (Lipinski definition) is 2. The van der Waals surface area contributed by atoms with Gasteiger partial charge in [0.05, 0.1) is 6.54 Å². The van der Waals surface area contributed by atoms with Crippen molar-refractivity contribution in [2.45, 2.75) is 45.9 Å². The highest BCUT2D eigenvalue weighted by Gasteiger charge is 2.21. The molecule has 0 aliphatic carbocycles. The Labute approximate surface area is 197 Å². The van der Waals surface area contributed by atoms with E-state index in [2.05, 4.69) is 30.2 Å². The van der Waals surface area contributed by atoms with Gasteiger partial charge in [0, 0.05) is 42.4 Å². The minimum absolute atomic E-state index is 0. The fourth-order valence-electron chi connectivity index (χ4n) is 3.30. The number of nitrogens with zero attached hydrogens (tertiary/aromatic N) is 3. The van der Waals surface area contributed by atoms with Gasteiger partial charge in [-0.05, 0) is 51.0 Å². The lowest BCUT2D eigenvalue weighted by Crippen LogP contribution is -2.51. The Morgan fingerprint density at radius 3 is 2.77 bits per heavy atom. The maximum Gasteiger partial charge on any atom is 0.387 e. The number of alkyl halides is 2. The van der Waals surface area contributed by atoms with E-state index in [0.717, 1.165) is 49.1 Å². The van der Waals surface area contributed by atoms with Crippen LogP contribution in [0.1, 0.15) is 29.7 Å². The van der Waals surface area contributed by atoms with Crippen molar-refractivity contribution >= 4 is 47.0 Å². The molecule has 0 saturated carbocycles. The number of rotatable bonds is 7. The van der Waals surface area contributed by atoms with Crippen LogP contribution in [-0.4, -0.2) is 43.2 Å². The summed E-state index contributed by atoms with van der Waals surface area (Å²) in [6, 6.07) is 7.06. The van der Waals surface area contributed by atoms with E-state index in [1.54, 1.807) is 23.5 Å². The number of anilines is 1. The van der Waals surface area contributed by atoms with Crippen LogP contribution >= 0.6 is 35.3 Å². The molecule has 1 aliphatic rings. The molecule has 1 atom stereocenters. The summed E-state index contributed by atoms with van der Waals surface area (Å²) in [4.78, 5) is 12.5. The third-order valence-corrected chi connectivity index (χ3v) is 5.47. The molecule has 2 aromatic rings. The molecule has 1 aromatic carbocycles. The molecule has 6 nitrogen and oxygen atoms in total. The number of piperidine rings is 1. The van der Waals surface area contributed by atoms with Crippen LogP contribution in [0.5, 0.6) is 5.75 Å². The largest absolute Gasteiger partial charge is 0.435 e. The molecule has 2 heterocycles. The van der Waals surface area contributed by atoms with Gasteiger partial charge in [0.25, 0.3) is 0 Å². The number of hydrogen-bond acceptors (Lipinski definition) is 5. The van der Waals surface area contributed by atoms with Gasteiger partial charge in [0.15, 0.2) is 5.96 Å². The van der Waals surface area contributed by atoms with Crippen LogP contribution in [0.3, 0.4) is 0 Å². The molecule has 166 valence electrons. The van der Waals surface area contributed by atoms with E-state index >= 15 is 0 Å². The van der Waals surface area contributed by atoms with E-state index in [4.69, 9.17) is 0 Å². The maximum absolute atomic E-state index is 12.3. The Balaban J connectivity index is 0.00000320. The molecule has 2 N–H and O–H groups in total. The van der Waals surface area contributed by atoms with Gasteiger partial charge >= 0.3 is 6.61 Å². The predicted molar refractivity (Wildman–Crippen MR) is 129 cm³/mol. The van der Waals surface area contributed by atoms with Crippen molar-refractivity contribution in [2.75, 3.05) is 24.5 Å². The first-order chi connectivity index (χ1) is 14.0. The second-order valence-electron chi connectivity index (χ2n) is 6.86. The summed E-state index contributed by atoms with van der Waals surface area (Å²) >= 11 is 1.66. The topological polar surface area (TPSA) is 61.8 Å². The van der Waals surface area contributed by atoms with E-state index in [1.165, 1.54) is 4.88 Å². The van der Waals surface area contributed by atoms with E-state index in [0.29, 0.717) is 6.54 Å². The highest BCUT2D eigenvalue weighted by atomic mass is 127. The number of ether oxygens (including phenoxy) is 1. The van der Waals surface area contributed by atoms with E-state index < -0.39 is 6.61 Å². The summed E-state index contributed by atoms with van der Waals surface area (Å²) in [5, 5.41) is 7.81. The van der Waals surface area contributed by atoms with Crippen molar-refractivity contribution in [2.24, 2.45) is 4.99 Å². The van der Waals surface area contributed by atoms with Gasteiger partial charge in [-0.1, -0.05) is 0 Å². The third kappa shape index (κ3) is 7.53. The van der Waals surface area contributed by atoms with Gasteiger partial charge < -0.3 is 20.3 Å². The number of halogens is 3. The molecular weight excluding hydrogens is 523 g/mol. The second kappa shape index (κ2) is 12.2. The summed E-state index contributed by atoms with van der Waals surface area (Å²) in [7, 11) is 0. The quantitative estimate of drug-likeness (QED) is 0.304. The van der Waals surface area contributed by atoms with E-state index in [9.17, 15) is 8.78 Å². The van der Waals surface area contributed by atoms with Gasteiger partial charge in [-0.25, -0.2) is 9.98 Å². The normalized spacial score (nSPS) is 16.9. The molecule has 3 rings (SSSR count). The van der Waals surface area contributed by atoms with Gasteiger partial charge in [-0.2, -0.15) is 8.78 Å². The minimum Gasteiger partial charge on any atom is -0.435 e. The van der Waals surface area contributed by atoms with Crippen LogP contribution in [0.4, 0.5) is 14.5 Å². The van der Waals surface area contributed by atoms with Crippen molar-refractivity contribution in [3.05, 3.63) is 40.3 Å². The van der Waals surface area contributed by atoms with Crippen molar-refractivity contribution in [3.63, 3.8) is 0 Å². The molecule has 10 heteroatoms. The lowest BCUT2D eigenvalue weighted by Gasteiger charge is -2.35. The van der Waals surface area contributed by atoms with Gasteiger partial charge in [-0.15, -0.1) is 35.3 Å². The van der Waals surface area contributed by atoms with E-state index in [-0.39, 0.29) is 35.8 Å². The first kappa shape index (κ1) is 24.6. The lowest BCUT2D eigenvalue weighted by atomic mass is 10.0. The Hall–Kier alpha value is -1.69. The minimum atomic E-state index is -2.80. The molecular formula is C20H28F2IN5OS. The number of nitrogens with one attached hydrogen (secondary N) is 2. The number of guanidine groups is 1. The van der Waals surface area contributed by atoms with E-state index in [1.807, 2.05) is 32.2 Å². The Morgan fingerprint density at radius 1 is 1.37 bits per heavy atom. The van der Waals surface area contributed by atoms with Crippen LogP contribution in [-0.2, 0) is 6.54 Å². The Kier molecular flexibility index (Phi) is 10.0. The predicted octanol–water partition coefficient (Wildman–Crippen LogP) is 4.40. The summed E-state index contributed by atoms with van der Waals surface area (Å²) in [5.41, 5.74) is 0.998. The van der Waals surface area contributed by atoms with Crippen LogP contribution in [0, 0.1) is 6.92 Å². The highest BCUT2D eigenvalue weighted by Crippen LogP contribution is 2.24. The molecule has 0 radical (unpaired) electrons. The van der Waals surface area contributed by atoms with Gasteiger partial charge in [-0.3, -0.25) is 0 Å². The molecule has 1 unspecified atom stereocenters. The average molecular weight is 551 g/mol. The SMILES string of the molecule is CCNC(=NCc1ncc(C)s1)NC1CCCN(c2ccc(OC(F)F)cc2)C1.I. The van der Waals surface area contributed by atoms with Crippen LogP contribution < -0.4 is 20.3 Å². The van der Waals surface area contributed by atoms with Crippen molar-refractivity contribution in [3.8, 4) is 5.75 Å². The first-order valence-corrected chi connectivity index (χ1v) is 10.6. The number of thiazole rings is 1. The number of aryl methyl sites for hydroxylation is 1. The summed E-state index contributed by atoms with van der Waals surface area (Å²) in [6.07, 6.45) is 3.95. The first-order valence-electron chi connectivity index (χ1n) is 9.79. The molecule has 0 spiro atoms. The van der Waals surface area contributed by atoms with Crippen LogP contribution in [0.15, 0.2) is 35.5 Å². The number of benzene rings is 1.